The van der Waals surface area contributed by atoms with Crippen molar-refractivity contribution in [3.05, 3.63) is 0 Å². The summed E-state index contributed by atoms with van der Waals surface area (Å²) in [6.45, 7) is 0.802. The van der Waals surface area contributed by atoms with Crippen LogP contribution in [0, 0.1) is 5.92 Å². The second kappa shape index (κ2) is 3.46. The zero-order chi connectivity index (χ0) is 8.55. The fraction of sp³-hybridized carbons (Fsp3) is 1.00. The van der Waals surface area contributed by atoms with E-state index in [1.54, 1.807) is 0 Å². The highest BCUT2D eigenvalue weighted by molar-refractivity contribution is 7.86. The Morgan fingerprint density at radius 1 is 1.25 bits per heavy atom. The summed E-state index contributed by atoms with van der Waals surface area (Å²) in [7, 11) is -0.484. The Morgan fingerprint density at radius 2 is 1.83 bits per heavy atom. The number of hydrogen-bond acceptors (Lipinski definition) is 2. The Kier molecular flexibility index (Phi) is 2.51. The van der Waals surface area contributed by atoms with Crippen LogP contribution >= 0.6 is 0 Å². The fourth-order valence-corrected chi connectivity index (χ4v) is 4.82. The predicted molar refractivity (Wildman–Crippen MR) is 51.3 cm³/mol. The second-order valence-corrected chi connectivity index (χ2v) is 6.06. The topological polar surface area (TPSA) is 43.1 Å². The predicted octanol–water partition coefficient (Wildman–Crippen LogP) is 1.02. The highest BCUT2D eigenvalue weighted by atomic mass is 32.2. The van der Waals surface area contributed by atoms with Gasteiger partial charge in [0, 0.05) is 21.3 Å². The first kappa shape index (κ1) is 8.70. The molecule has 2 N–H and O–H groups in total. The average Bonchev–Trinajstić information content (AvgIpc) is 2.33. The van der Waals surface area contributed by atoms with Crippen molar-refractivity contribution in [3.8, 4) is 0 Å². The number of fused-ring (bicyclic) bond motifs is 2. The standard InChI is InChI=1S/C9H17NOS/c10-4-3-7-5-8-1-2-9(6-7)12(8)11/h7-9H,1-6,10H2. The van der Waals surface area contributed by atoms with Gasteiger partial charge in [-0.25, -0.2) is 0 Å². The van der Waals surface area contributed by atoms with Gasteiger partial charge in [-0.1, -0.05) is 0 Å². The van der Waals surface area contributed by atoms with E-state index >= 15 is 0 Å². The van der Waals surface area contributed by atoms with Crippen LogP contribution < -0.4 is 5.73 Å². The van der Waals surface area contributed by atoms with Gasteiger partial charge < -0.3 is 5.73 Å². The van der Waals surface area contributed by atoms with E-state index in [0.717, 1.165) is 18.9 Å². The molecule has 2 bridgehead atoms. The minimum Gasteiger partial charge on any atom is -0.330 e. The van der Waals surface area contributed by atoms with E-state index in [9.17, 15) is 4.21 Å². The van der Waals surface area contributed by atoms with Crippen LogP contribution in [-0.4, -0.2) is 21.3 Å². The summed E-state index contributed by atoms with van der Waals surface area (Å²) < 4.78 is 11.6. The fourth-order valence-electron chi connectivity index (χ4n) is 2.61. The lowest BCUT2D eigenvalue weighted by Crippen LogP contribution is -2.29. The molecular weight excluding hydrogens is 170 g/mol. The zero-order valence-electron chi connectivity index (χ0n) is 7.37. The first-order chi connectivity index (χ1) is 5.81. The van der Waals surface area contributed by atoms with Crippen molar-refractivity contribution >= 4 is 10.8 Å². The summed E-state index contributed by atoms with van der Waals surface area (Å²) in [6.07, 6.45) is 5.92. The molecule has 0 aliphatic carbocycles. The summed E-state index contributed by atoms with van der Waals surface area (Å²) in [4.78, 5) is 0. The van der Waals surface area contributed by atoms with Gasteiger partial charge in [0.2, 0.25) is 0 Å². The largest absolute Gasteiger partial charge is 0.330 e. The third kappa shape index (κ3) is 1.44. The van der Waals surface area contributed by atoms with Gasteiger partial charge in [-0.15, -0.1) is 0 Å². The summed E-state index contributed by atoms with van der Waals surface area (Å²) in [5.74, 6) is 0.783. The third-order valence-corrected chi connectivity index (χ3v) is 5.41. The maximum atomic E-state index is 11.6. The van der Waals surface area contributed by atoms with Crippen LogP contribution in [0.1, 0.15) is 32.1 Å². The highest BCUT2D eigenvalue weighted by Crippen LogP contribution is 2.39. The molecule has 2 rings (SSSR count). The molecule has 2 aliphatic heterocycles. The normalized spacial score (nSPS) is 46.4. The van der Waals surface area contributed by atoms with Gasteiger partial charge in [-0.05, 0) is 44.6 Å². The molecule has 2 heterocycles. The minimum atomic E-state index is -0.484. The van der Waals surface area contributed by atoms with Gasteiger partial charge >= 0.3 is 0 Å². The first-order valence-electron chi connectivity index (χ1n) is 4.90. The van der Waals surface area contributed by atoms with Crippen LogP contribution in [0.15, 0.2) is 0 Å². The van der Waals surface area contributed by atoms with Crippen molar-refractivity contribution in [1.29, 1.82) is 0 Å². The SMILES string of the molecule is NCCC1CC2CCC(C1)S2=O. The van der Waals surface area contributed by atoms with E-state index in [4.69, 9.17) is 5.73 Å². The molecular formula is C9H17NOS. The smallest absolute Gasteiger partial charge is 0.0353 e. The first-order valence-corrected chi connectivity index (χ1v) is 6.18. The van der Waals surface area contributed by atoms with Crippen LogP contribution in [0.2, 0.25) is 0 Å². The van der Waals surface area contributed by atoms with Crippen molar-refractivity contribution < 1.29 is 4.21 Å². The van der Waals surface area contributed by atoms with E-state index < -0.39 is 10.8 Å². The van der Waals surface area contributed by atoms with Gasteiger partial charge in [-0.2, -0.15) is 0 Å². The molecule has 2 fully saturated rings. The molecule has 0 aromatic heterocycles. The molecule has 2 nitrogen and oxygen atoms in total. The maximum Gasteiger partial charge on any atom is 0.0353 e. The van der Waals surface area contributed by atoms with E-state index in [0.29, 0.717) is 10.5 Å². The van der Waals surface area contributed by atoms with Crippen molar-refractivity contribution in [2.45, 2.75) is 42.6 Å². The van der Waals surface area contributed by atoms with Crippen molar-refractivity contribution in [3.63, 3.8) is 0 Å². The Hall–Kier alpha value is 0.110. The average molecular weight is 187 g/mol. The van der Waals surface area contributed by atoms with Gasteiger partial charge in [0.05, 0.1) is 0 Å². The van der Waals surface area contributed by atoms with E-state index in [1.807, 2.05) is 0 Å². The van der Waals surface area contributed by atoms with E-state index in [2.05, 4.69) is 0 Å². The lowest BCUT2D eigenvalue weighted by atomic mass is 9.96. The van der Waals surface area contributed by atoms with Crippen LogP contribution in [-0.2, 0) is 10.8 Å². The molecule has 0 radical (unpaired) electrons. The molecule has 12 heavy (non-hydrogen) atoms. The number of nitrogens with two attached hydrogens (primary N) is 1. The van der Waals surface area contributed by atoms with Gasteiger partial charge in [0.25, 0.3) is 0 Å². The van der Waals surface area contributed by atoms with Crippen LogP contribution in [0.3, 0.4) is 0 Å². The van der Waals surface area contributed by atoms with Crippen molar-refractivity contribution in [2.24, 2.45) is 11.7 Å². The summed E-state index contributed by atoms with van der Waals surface area (Å²) in [5.41, 5.74) is 5.53. The molecule has 70 valence electrons. The molecule has 0 aromatic rings. The van der Waals surface area contributed by atoms with Crippen molar-refractivity contribution in [1.82, 2.24) is 0 Å². The Bertz CT molecular complexity index is 179. The molecule has 2 saturated heterocycles. The molecule has 0 saturated carbocycles. The van der Waals surface area contributed by atoms with Gasteiger partial charge in [0.15, 0.2) is 0 Å². The summed E-state index contributed by atoms with van der Waals surface area (Å²) in [5, 5.41) is 1.06. The third-order valence-electron chi connectivity index (χ3n) is 3.24. The van der Waals surface area contributed by atoms with Crippen molar-refractivity contribution in [2.75, 3.05) is 6.54 Å². The van der Waals surface area contributed by atoms with E-state index in [1.165, 1.54) is 25.7 Å². The molecule has 0 amide bonds. The second-order valence-electron chi connectivity index (χ2n) is 4.06. The maximum absolute atomic E-state index is 11.6. The van der Waals surface area contributed by atoms with Crippen LogP contribution in [0.25, 0.3) is 0 Å². The molecule has 2 atom stereocenters. The molecule has 2 unspecified atom stereocenters. The Morgan fingerprint density at radius 3 is 2.33 bits per heavy atom. The molecule has 0 spiro atoms. The number of rotatable bonds is 2. The quantitative estimate of drug-likeness (QED) is 0.701. The lowest BCUT2D eigenvalue weighted by Gasteiger charge is -2.26. The Labute approximate surface area is 76.4 Å². The summed E-state index contributed by atoms with van der Waals surface area (Å²) >= 11 is 0. The minimum absolute atomic E-state index is 0.484. The Balaban J connectivity index is 1.98. The van der Waals surface area contributed by atoms with Crippen LogP contribution in [0.4, 0.5) is 0 Å². The monoisotopic (exact) mass is 187 g/mol. The van der Waals surface area contributed by atoms with Gasteiger partial charge in [-0.3, -0.25) is 4.21 Å². The zero-order valence-corrected chi connectivity index (χ0v) is 8.19. The molecule has 3 heteroatoms. The molecule has 0 aromatic carbocycles. The molecule has 2 aliphatic rings. The number of hydrogen-bond donors (Lipinski definition) is 1. The van der Waals surface area contributed by atoms with Crippen LogP contribution in [0.5, 0.6) is 0 Å². The lowest BCUT2D eigenvalue weighted by molar-refractivity contribution is 0.419. The summed E-state index contributed by atoms with van der Waals surface area (Å²) in [6, 6.07) is 0. The van der Waals surface area contributed by atoms with Gasteiger partial charge in [0.1, 0.15) is 0 Å². The highest BCUT2D eigenvalue weighted by Gasteiger charge is 2.39. The van der Waals surface area contributed by atoms with E-state index in [-0.39, 0.29) is 0 Å².